The Hall–Kier alpha value is -1.21. The number of ether oxygens (including phenoxy) is 1. The van der Waals surface area contributed by atoms with E-state index in [1.807, 2.05) is 13.8 Å². The lowest BCUT2D eigenvalue weighted by Gasteiger charge is -2.30. The van der Waals surface area contributed by atoms with E-state index in [9.17, 15) is 14.3 Å². The maximum absolute atomic E-state index is 11.9. The molecule has 0 aromatic carbocycles. The van der Waals surface area contributed by atoms with Gasteiger partial charge >= 0.3 is 5.69 Å². The average Bonchev–Trinajstić information content (AvgIpc) is 2.39. The Balaban J connectivity index is 2.93. The largest absolute Gasteiger partial charge is 0.778 e. The highest BCUT2D eigenvalue weighted by Gasteiger charge is 2.20. The second-order valence-corrected chi connectivity index (χ2v) is 7.88. The third kappa shape index (κ3) is 5.53. The summed E-state index contributed by atoms with van der Waals surface area (Å²) in [6.45, 7) is 6.68. The van der Waals surface area contributed by atoms with Crippen molar-refractivity contribution < 1.29 is 18.7 Å². The van der Waals surface area contributed by atoms with Crippen LogP contribution in [0.2, 0.25) is 0 Å². The van der Waals surface area contributed by atoms with E-state index in [4.69, 9.17) is 15.0 Å². The van der Waals surface area contributed by atoms with Crippen LogP contribution < -0.4 is 16.3 Å². The molecule has 0 fully saturated rings. The number of hydrogen-bond donors (Lipinski definition) is 1. The zero-order chi connectivity index (χ0) is 16.9. The Morgan fingerprint density at radius 2 is 2.00 bits per heavy atom. The van der Waals surface area contributed by atoms with Gasteiger partial charge in [-0.05, 0) is 19.9 Å². The van der Waals surface area contributed by atoms with Crippen LogP contribution >= 0.6 is 7.60 Å². The topological polar surface area (TPSA) is 120 Å². The molecule has 1 unspecified atom stereocenters. The van der Waals surface area contributed by atoms with Crippen LogP contribution in [-0.2, 0) is 13.8 Å². The van der Waals surface area contributed by atoms with E-state index < -0.39 is 25.0 Å². The second-order valence-electron chi connectivity index (χ2n) is 5.51. The van der Waals surface area contributed by atoms with E-state index in [2.05, 4.69) is 4.98 Å². The van der Waals surface area contributed by atoms with Crippen molar-refractivity contribution in [1.82, 2.24) is 9.55 Å². The zero-order valence-electron chi connectivity index (χ0n) is 13.3. The number of aromatic nitrogens is 2. The molecule has 1 aromatic heterocycles. The molecule has 0 amide bonds. The standard InChI is InChI=1S/C13H24N3O5P/c1-9(2)20-7-11(8-21-22(18,19)10(3)4)16-6-5-12(14)15-13(16)17/h5-6,9-11H,7-8H2,1-4H3,(H,18,19)(H2,14,15,17)/p-1/t11-/m0/s1. The van der Waals surface area contributed by atoms with E-state index in [0.29, 0.717) is 0 Å². The van der Waals surface area contributed by atoms with Crippen LogP contribution in [0, 0.1) is 0 Å². The molecule has 9 heteroatoms. The molecule has 0 aliphatic carbocycles. The van der Waals surface area contributed by atoms with Crippen molar-refractivity contribution in [3.05, 3.63) is 22.7 Å². The van der Waals surface area contributed by atoms with Crippen LogP contribution in [-0.4, -0.2) is 34.5 Å². The number of hydrogen-bond acceptors (Lipinski definition) is 7. The van der Waals surface area contributed by atoms with Crippen LogP contribution in [0.5, 0.6) is 0 Å². The fourth-order valence-corrected chi connectivity index (χ4v) is 2.23. The zero-order valence-corrected chi connectivity index (χ0v) is 14.2. The van der Waals surface area contributed by atoms with Gasteiger partial charge in [-0.25, -0.2) is 4.79 Å². The van der Waals surface area contributed by atoms with Crippen LogP contribution in [0.25, 0.3) is 0 Å². The maximum atomic E-state index is 11.9. The van der Waals surface area contributed by atoms with Gasteiger partial charge in [0.1, 0.15) is 13.4 Å². The van der Waals surface area contributed by atoms with Gasteiger partial charge in [0.2, 0.25) is 0 Å². The van der Waals surface area contributed by atoms with Crippen LogP contribution in [0.1, 0.15) is 33.7 Å². The fraction of sp³-hybridized carbons (Fsp3) is 0.692. The highest BCUT2D eigenvalue weighted by molar-refractivity contribution is 7.52. The summed E-state index contributed by atoms with van der Waals surface area (Å²) in [4.78, 5) is 27.3. The fourth-order valence-electron chi connectivity index (χ4n) is 1.56. The summed E-state index contributed by atoms with van der Waals surface area (Å²) >= 11 is 0. The van der Waals surface area contributed by atoms with Crippen molar-refractivity contribution in [3.63, 3.8) is 0 Å². The molecule has 0 aliphatic rings. The van der Waals surface area contributed by atoms with Crippen molar-refractivity contribution >= 4 is 13.4 Å². The average molecular weight is 332 g/mol. The summed E-state index contributed by atoms with van der Waals surface area (Å²) in [5.41, 5.74) is 4.24. The van der Waals surface area contributed by atoms with Gasteiger partial charge in [0.25, 0.3) is 0 Å². The second kappa shape index (κ2) is 7.87. The van der Waals surface area contributed by atoms with Gasteiger partial charge in [0.15, 0.2) is 0 Å². The molecule has 0 radical (unpaired) electrons. The molecule has 126 valence electrons. The Bertz CT molecular complexity index is 587. The summed E-state index contributed by atoms with van der Waals surface area (Å²) in [5.74, 6) is 0.0994. The molecule has 2 N–H and O–H groups in total. The Morgan fingerprint density at radius 3 is 2.50 bits per heavy atom. The SMILES string of the molecule is CC(C)OC[C@@H](COP(=O)([O-])C(C)C)n1ccc(N)nc1=O. The molecule has 22 heavy (non-hydrogen) atoms. The lowest BCUT2D eigenvalue weighted by molar-refractivity contribution is -0.201. The number of nitrogens with zero attached hydrogens (tertiary/aromatic N) is 2. The van der Waals surface area contributed by atoms with Crippen molar-refractivity contribution in [2.75, 3.05) is 18.9 Å². The Labute approximate surface area is 129 Å². The molecule has 1 aromatic rings. The monoisotopic (exact) mass is 332 g/mol. The van der Waals surface area contributed by atoms with E-state index in [1.54, 1.807) is 0 Å². The molecule has 2 atom stereocenters. The third-order valence-corrected chi connectivity index (χ3v) is 4.72. The summed E-state index contributed by atoms with van der Waals surface area (Å²) in [6.07, 6.45) is 1.39. The molecule has 0 spiro atoms. The number of nitrogens with two attached hydrogens (primary N) is 1. The lowest BCUT2D eigenvalue weighted by Crippen LogP contribution is -2.33. The first-order valence-corrected chi connectivity index (χ1v) is 8.66. The molecular formula is C13H23N3O5P-. The first-order chi connectivity index (χ1) is 10.1. The minimum Gasteiger partial charge on any atom is -0.778 e. The van der Waals surface area contributed by atoms with Crippen molar-refractivity contribution in [2.45, 2.75) is 45.5 Å². The van der Waals surface area contributed by atoms with Crippen LogP contribution in [0.15, 0.2) is 17.1 Å². The van der Waals surface area contributed by atoms with Crippen molar-refractivity contribution in [2.24, 2.45) is 0 Å². The predicted molar refractivity (Wildman–Crippen MR) is 81.7 cm³/mol. The number of rotatable bonds is 8. The van der Waals surface area contributed by atoms with E-state index in [-0.39, 0.29) is 25.1 Å². The minimum atomic E-state index is -3.98. The van der Waals surface area contributed by atoms with Crippen LogP contribution in [0.4, 0.5) is 5.82 Å². The highest BCUT2D eigenvalue weighted by atomic mass is 31.2. The van der Waals surface area contributed by atoms with Gasteiger partial charge in [0, 0.05) is 11.9 Å². The predicted octanol–water partition coefficient (Wildman–Crippen LogP) is 0.770. The van der Waals surface area contributed by atoms with E-state index in [1.165, 1.54) is 30.7 Å². The van der Waals surface area contributed by atoms with E-state index >= 15 is 0 Å². The number of nitrogen functional groups attached to an aromatic ring is 1. The molecule has 0 saturated heterocycles. The minimum absolute atomic E-state index is 0.0657. The van der Waals surface area contributed by atoms with Crippen molar-refractivity contribution in [1.29, 1.82) is 0 Å². The molecular weight excluding hydrogens is 309 g/mol. The molecule has 0 saturated carbocycles. The maximum Gasteiger partial charge on any atom is 0.349 e. The highest BCUT2D eigenvalue weighted by Crippen LogP contribution is 2.42. The third-order valence-electron chi connectivity index (χ3n) is 2.95. The first kappa shape index (κ1) is 18.8. The molecule has 1 rings (SSSR count). The van der Waals surface area contributed by atoms with Gasteiger partial charge < -0.3 is 24.5 Å². The van der Waals surface area contributed by atoms with Crippen molar-refractivity contribution in [3.8, 4) is 0 Å². The van der Waals surface area contributed by atoms with Gasteiger partial charge in [-0.1, -0.05) is 13.8 Å². The molecule has 0 aliphatic heterocycles. The molecule has 1 heterocycles. The Kier molecular flexibility index (Phi) is 6.74. The molecule has 8 nitrogen and oxygen atoms in total. The summed E-state index contributed by atoms with van der Waals surface area (Å²) in [6, 6.07) is 0.854. The first-order valence-electron chi connectivity index (χ1n) is 7.05. The summed E-state index contributed by atoms with van der Waals surface area (Å²) < 4.78 is 23.6. The smallest absolute Gasteiger partial charge is 0.349 e. The molecule has 0 bridgehead atoms. The van der Waals surface area contributed by atoms with Gasteiger partial charge in [-0.2, -0.15) is 4.98 Å². The summed E-state index contributed by atoms with van der Waals surface area (Å²) in [5, 5.41) is 0. The van der Waals surface area contributed by atoms with Gasteiger partial charge in [0.05, 0.1) is 25.4 Å². The van der Waals surface area contributed by atoms with Gasteiger partial charge in [-0.15, -0.1) is 0 Å². The van der Waals surface area contributed by atoms with Gasteiger partial charge in [-0.3, -0.25) is 4.57 Å². The van der Waals surface area contributed by atoms with Crippen LogP contribution in [0.3, 0.4) is 0 Å². The Morgan fingerprint density at radius 1 is 1.36 bits per heavy atom. The summed E-state index contributed by atoms with van der Waals surface area (Å²) in [7, 11) is -3.98. The number of anilines is 1. The lowest BCUT2D eigenvalue weighted by atomic mass is 10.3. The van der Waals surface area contributed by atoms with E-state index in [0.717, 1.165) is 0 Å². The normalized spacial score (nSPS) is 16.0. The quantitative estimate of drug-likeness (QED) is 0.698.